The standard InChI is InChI=1S/C17H22FNO/c18-15-8-5-13(6-9-15)17(20)19-16-10-7-12-3-1-2-4-14(12)11-16/h5-6,8-9,12,14,16H,1-4,7,10-11H2,(H,19,20)/t12-,14-,16-/m0/s1. The van der Waals surface area contributed by atoms with E-state index in [9.17, 15) is 9.18 Å². The molecule has 1 aromatic carbocycles. The number of amides is 1. The fourth-order valence-corrected chi connectivity index (χ4v) is 3.87. The molecule has 0 radical (unpaired) electrons. The summed E-state index contributed by atoms with van der Waals surface area (Å²) in [4.78, 5) is 12.2. The number of carbonyl (C=O) groups is 1. The average Bonchev–Trinajstić information content (AvgIpc) is 2.48. The Morgan fingerprint density at radius 3 is 2.45 bits per heavy atom. The van der Waals surface area contributed by atoms with E-state index in [0.717, 1.165) is 24.7 Å². The predicted octanol–water partition coefficient (Wildman–Crippen LogP) is 3.91. The summed E-state index contributed by atoms with van der Waals surface area (Å²) in [6.07, 6.45) is 8.90. The van der Waals surface area contributed by atoms with E-state index in [4.69, 9.17) is 0 Å². The molecule has 0 aromatic heterocycles. The molecule has 2 aliphatic carbocycles. The zero-order chi connectivity index (χ0) is 13.9. The minimum atomic E-state index is -0.302. The van der Waals surface area contributed by atoms with Crippen molar-refractivity contribution in [3.63, 3.8) is 0 Å². The van der Waals surface area contributed by atoms with E-state index < -0.39 is 0 Å². The molecule has 3 rings (SSSR count). The average molecular weight is 275 g/mol. The Morgan fingerprint density at radius 2 is 1.70 bits per heavy atom. The topological polar surface area (TPSA) is 29.1 Å². The molecule has 1 aromatic rings. The first-order valence-electron chi connectivity index (χ1n) is 7.79. The monoisotopic (exact) mass is 275 g/mol. The maximum atomic E-state index is 12.9. The highest BCUT2D eigenvalue weighted by atomic mass is 19.1. The lowest BCUT2D eigenvalue weighted by Crippen LogP contribution is -2.41. The highest BCUT2D eigenvalue weighted by Crippen LogP contribution is 2.40. The van der Waals surface area contributed by atoms with Crippen molar-refractivity contribution in [1.29, 1.82) is 0 Å². The summed E-state index contributed by atoms with van der Waals surface area (Å²) in [5.41, 5.74) is 0.553. The van der Waals surface area contributed by atoms with Crippen molar-refractivity contribution in [2.45, 2.75) is 51.0 Å². The second-order valence-corrected chi connectivity index (χ2v) is 6.29. The molecule has 2 fully saturated rings. The molecule has 20 heavy (non-hydrogen) atoms. The molecule has 3 atom stereocenters. The van der Waals surface area contributed by atoms with Crippen LogP contribution in [0.5, 0.6) is 0 Å². The summed E-state index contributed by atoms with van der Waals surface area (Å²) >= 11 is 0. The van der Waals surface area contributed by atoms with Crippen LogP contribution >= 0.6 is 0 Å². The number of halogens is 1. The third-order valence-corrected chi connectivity index (χ3v) is 4.98. The summed E-state index contributed by atoms with van der Waals surface area (Å²) in [6.45, 7) is 0. The van der Waals surface area contributed by atoms with Crippen molar-refractivity contribution in [3.8, 4) is 0 Å². The lowest BCUT2D eigenvalue weighted by Gasteiger charge is -2.39. The SMILES string of the molecule is O=C(N[C@H]1CC[C@@H]2CCCC[C@H]2C1)c1ccc(F)cc1. The van der Waals surface area contributed by atoms with Gasteiger partial charge in [-0.05, 0) is 55.4 Å². The lowest BCUT2D eigenvalue weighted by molar-refractivity contribution is 0.0879. The Labute approximate surface area is 119 Å². The van der Waals surface area contributed by atoms with Gasteiger partial charge in [-0.3, -0.25) is 4.79 Å². The molecule has 0 saturated heterocycles. The number of hydrogen-bond acceptors (Lipinski definition) is 1. The normalized spacial score (nSPS) is 29.6. The second kappa shape index (κ2) is 5.94. The Hall–Kier alpha value is -1.38. The number of rotatable bonds is 2. The zero-order valence-corrected chi connectivity index (χ0v) is 11.8. The minimum absolute atomic E-state index is 0.0655. The molecule has 2 saturated carbocycles. The van der Waals surface area contributed by atoms with Gasteiger partial charge in [-0.15, -0.1) is 0 Å². The number of hydrogen-bond donors (Lipinski definition) is 1. The first-order chi connectivity index (χ1) is 9.72. The molecular formula is C17H22FNO. The molecule has 1 amide bonds. The van der Waals surface area contributed by atoms with Crippen LogP contribution in [0.4, 0.5) is 4.39 Å². The van der Waals surface area contributed by atoms with Gasteiger partial charge in [0.05, 0.1) is 0 Å². The van der Waals surface area contributed by atoms with Crippen LogP contribution in [-0.4, -0.2) is 11.9 Å². The molecule has 2 aliphatic rings. The molecule has 0 unspecified atom stereocenters. The van der Waals surface area contributed by atoms with Crippen LogP contribution in [0.1, 0.15) is 55.3 Å². The Kier molecular flexibility index (Phi) is 4.04. The van der Waals surface area contributed by atoms with Crippen molar-refractivity contribution in [3.05, 3.63) is 35.6 Å². The van der Waals surface area contributed by atoms with Crippen molar-refractivity contribution in [2.24, 2.45) is 11.8 Å². The summed E-state index contributed by atoms with van der Waals surface area (Å²) in [6, 6.07) is 6.08. The number of benzene rings is 1. The van der Waals surface area contributed by atoms with Crippen LogP contribution in [0.15, 0.2) is 24.3 Å². The highest BCUT2D eigenvalue weighted by molar-refractivity contribution is 5.94. The summed E-state index contributed by atoms with van der Waals surface area (Å²) in [5, 5.41) is 3.13. The molecule has 2 nitrogen and oxygen atoms in total. The van der Waals surface area contributed by atoms with Gasteiger partial charge in [-0.25, -0.2) is 4.39 Å². The van der Waals surface area contributed by atoms with E-state index >= 15 is 0 Å². The molecule has 3 heteroatoms. The van der Waals surface area contributed by atoms with Gasteiger partial charge in [-0.2, -0.15) is 0 Å². The molecule has 0 spiro atoms. The van der Waals surface area contributed by atoms with Crippen molar-refractivity contribution in [1.82, 2.24) is 5.32 Å². The number of carbonyl (C=O) groups excluding carboxylic acids is 1. The van der Waals surface area contributed by atoms with Gasteiger partial charge >= 0.3 is 0 Å². The number of fused-ring (bicyclic) bond motifs is 1. The first-order valence-corrected chi connectivity index (χ1v) is 7.79. The van der Waals surface area contributed by atoms with E-state index in [-0.39, 0.29) is 11.7 Å². The van der Waals surface area contributed by atoms with E-state index in [2.05, 4.69) is 5.32 Å². The third kappa shape index (κ3) is 3.02. The van der Waals surface area contributed by atoms with Crippen LogP contribution in [0.2, 0.25) is 0 Å². The molecule has 1 N–H and O–H groups in total. The van der Waals surface area contributed by atoms with Crippen LogP contribution in [0.3, 0.4) is 0 Å². The fourth-order valence-electron chi connectivity index (χ4n) is 3.87. The molecule has 0 heterocycles. The van der Waals surface area contributed by atoms with Gasteiger partial charge in [0, 0.05) is 11.6 Å². The Bertz CT molecular complexity index is 470. The van der Waals surface area contributed by atoms with E-state index in [1.807, 2.05) is 0 Å². The van der Waals surface area contributed by atoms with Crippen LogP contribution in [-0.2, 0) is 0 Å². The second-order valence-electron chi connectivity index (χ2n) is 6.29. The summed E-state index contributed by atoms with van der Waals surface area (Å²) in [7, 11) is 0. The Balaban J connectivity index is 1.58. The van der Waals surface area contributed by atoms with E-state index in [1.165, 1.54) is 44.2 Å². The van der Waals surface area contributed by atoms with Gasteiger partial charge in [0.25, 0.3) is 5.91 Å². The lowest BCUT2D eigenvalue weighted by atomic mass is 9.69. The predicted molar refractivity (Wildman–Crippen MR) is 77.0 cm³/mol. The number of nitrogens with one attached hydrogen (secondary N) is 1. The Morgan fingerprint density at radius 1 is 1.00 bits per heavy atom. The highest BCUT2D eigenvalue weighted by Gasteiger charge is 2.32. The first kappa shape index (κ1) is 13.6. The van der Waals surface area contributed by atoms with Crippen LogP contribution < -0.4 is 5.32 Å². The van der Waals surface area contributed by atoms with Gasteiger partial charge < -0.3 is 5.32 Å². The summed E-state index contributed by atoms with van der Waals surface area (Å²) in [5.74, 6) is 1.33. The zero-order valence-electron chi connectivity index (χ0n) is 11.8. The van der Waals surface area contributed by atoms with Crippen LogP contribution in [0.25, 0.3) is 0 Å². The minimum Gasteiger partial charge on any atom is -0.349 e. The maximum Gasteiger partial charge on any atom is 0.251 e. The molecule has 0 aliphatic heterocycles. The fraction of sp³-hybridized carbons (Fsp3) is 0.588. The molecular weight excluding hydrogens is 253 g/mol. The van der Waals surface area contributed by atoms with Crippen molar-refractivity contribution >= 4 is 5.91 Å². The van der Waals surface area contributed by atoms with Crippen molar-refractivity contribution < 1.29 is 9.18 Å². The molecule has 0 bridgehead atoms. The van der Waals surface area contributed by atoms with Gasteiger partial charge in [0.1, 0.15) is 5.82 Å². The van der Waals surface area contributed by atoms with Crippen LogP contribution in [0, 0.1) is 17.7 Å². The third-order valence-electron chi connectivity index (χ3n) is 4.98. The quantitative estimate of drug-likeness (QED) is 0.871. The van der Waals surface area contributed by atoms with E-state index in [0.29, 0.717) is 11.6 Å². The van der Waals surface area contributed by atoms with E-state index in [1.54, 1.807) is 12.1 Å². The van der Waals surface area contributed by atoms with Gasteiger partial charge in [0.15, 0.2) is 0 Å². The smallest absolute Gasteiger partial charge is 0.251 e. The summed E-state index contributed by atoms with van der Waals surface area (Å²) < 4.78 is 12.9. The van der Waals surface area contributed by atoms with Gasteiger partial charge in [0.2, 0.25) is 0 Å². The molecule has 108 valence electrons. The van der Waals surface area contributed by atoms with Crippen molar-refractivity contribution in [2.75, 3.05) is 0 Å². The maximum absolute atomic E-state index is 12.9. The van der Waals surface area contributed by atoms with Gasteiger partial charge in [-0.1, -0.05) is 25.7 Å². The largest absolute Gasteiger partial charge is 0.349 e.